The Labute approximate surface area is 115 Å². The molecule has 0 fully saturated rings. The molecule has 19 heavy (non-hydrogen) atoms. The highest BCUT2D eigenvalue weighted by atomic mass is 16.5. The maximum absolute atomic E-state index is 11.9. The van der Waals surface area contributed by atoms with Crippen LogP contribution in [0, 0.1) is 0 Å². The maximum atomic E-state index is 11.9. The van der Waals surface area contributed by atoms with Crippen molar-refractivity contribution in [2.24, 2.45) is 0 Å². The maximum Gasteiger partial charge on any atom is 0.222 e. The standard InChI is InChI=1S/C15H23NO3/c1-2-16(11-7-12-17)15(18)10-6-13-19-14-8-4-3-5-9-14/h3-5,8-9,17H,2,6-7,10-13H2,1H3. The van der Waals surface area contributed by atoms with Crippen LogP contribution in [-0.4, -0.2) is 42.2 Å². The number of hydrogen-bond donors (Lipinski definition) is 1. The summed E-state index contributed by atoms with van der Waals surface area (Å²) in [7, 11) is 0. The van der Waals surface area contributed by atoms with E-state index in [1.54, 1.807) is 4.90 Å². The van der Waals surface area contributed by atoms with Gasteiger partial charge in [0, 0.05) is 26.1 Å². The van der Waals surface area contributed by atoms with Crippen molar-refractivity contribution in [3.05, 3.63) is 30.3 Å². The van der Waals surface area contributed by atoms with Crippen LogP contribution in [-0.2, 0) is 4.79 Å². The molecule has 0 atom stereocenters. The van der Waals surface area contributed by atoms with Crippen LogP contribution < -0.4 is 4.74 Å². The largest absolute Gasteiger partial charge is 0.494 e. The van der Waals surface area contributed by atoms with Crippen LogP contribution in [0.3, 0.4) is 0 Å². The lowest BCUT2D eigenvalue weighted by molar-refractivity contribution is -0.131. The van der Waals surface area contributed by atoms with E-state index in [2.05, 4.69) is 0 Å². The minimum atomic E-state index is 0.126. The Morgan fingerprint density at radius 2 is 2.00 bits per heavy atom. The van der Waals surface area contributed by atoms with Gasteiger partial charge in [-0.1, -0.05) is 18.2 Å². The zero-order valence-corrected chi connectivity index (χ0v) is 11.5. The van der Waals surface area contributed by atoms with Gasteiger partial charge in [-0.15, -0.1) is 0 Å². The van der Waals surface area contributed by atoms with Gasteiger partial charge in [0.1, 0.15) is 5.75 Å². The molecule has 0 aliphatic carbocycles. The molecule has 0 unspecified atom stereocenters. The fraction of sp³-hybridized carbons (Fsp3) is 0.533. The van der Waals surface area contributed by atoms with Gasteiger partial charge in [-0.05, 0) is 31.9 Å². The van der Waals surface area contributed by atoms with Crippen molar-refractivity contribution < 1.29 is 14.6 Å². The fourth-order valence-corrected chi connectivity index (χ4v) is 1.81. The van der Waals surface area contributed by atoms with E-state index < -0.39 is 0 Å². The second-order valence-corrected chi connectivity index (χ2v) is 4.32. The smallest absolute Gasteiger partial charge is 0.222 e. The summed E-state index contributed by atoms with van der Waals surface area (Å²) >= 11 is 0. The van der Waals surface area contributed by atoms with Gasteiger partial charge in [0.2, 0.25) is 5.91 Å². The minimum Gasteiger partial charge on any atom is -0.494 e. The fourth-order valence-electron chi connectivity index (χ4n) is 1.81. The van der Waals surface area contributed by atoms with E-state index in [-0.39, 0.29) is 12.5 Å². The first-order valence-corrected chi connectivity index (χ1v) is 6.84. The lowest BCUT2D eigenvalue weighted by Gasteiger charge is -2.20. The minimum absolute atomic E-state index is 0.126. The molecule has 1 aromatic carbocycles. The van der Waals surface area contributed by atoms with Gasteiger partial charge in [-0.3, -0.25) is 4.79 Å². The zero-order valence-electron chi connectivity index (χ0n) is 11.5. The molecule has 0 aliphatic heterocycles. The van der Waals surface area contributed by atoms with E-state index in [0.717, 1.165) is 5.75 Å². The zero-order chi connectivity index (χ0) is 13.9. The molecule has 0 aliphatic rings. The first-order valence-electron chi connectivity index (χ1n) is 6.84. The number of para-hydroxylation sites is 1. The van der Waals surface area contributed by atoms with Crippen molar-refractivity contribution in [3.63, 3.8) is 0 Å². The van der Waals surface area contributed by atoms with Crippen molar-refractivity contribution in [3.8, 4) is 5.75 Å². The van der Waals surface area contributed by atoms with Crippen LogP contribution in [0.4, 0.5) is 0 Å². The number of carbonyl (C=O) groups excluding carboxylic acids is 1. The third-order valence-corrected chi connectivity index (χ3v) is 2.87. The van der Waals surface area contributed by atoms with Crippen LogP contribution in [0.5, 0.6) is 5.75 Å². The van der Waals surface area contributed by atoms with Gasteiger partial charge >= 0.3 is 0 Å². The average molecular weight is 265 g/mol. The molecule has 0 heterocycles. The van der Waals surface area contributed by atoms with Gasteiger partial charge < -0.3 is 14.7 Å². The summed E-state index contributed by atoms with van der Waals surface area (Å²) in [6, 6.07) is 9.60. The molecule has 1 amide bonds. The molecular weight excluding hydrogens is 242 g/mol. The Morgan fingerprint density at radius 3 is 2.63 bits per heavy atom. The van der Waals surface area contributed by atoms with Crippen LogP contribution in [0.1, 0.15) is 26.2 Å². The van der Waals surface area contributed by atoms with Crippen molar-refractivity contribution in [2.75, 3.05) is 26.3 Å². The Balaban J connectivity index is 2.19. The predicted molar refractivity (Wildman–Crippen MR) is 75.1 cm³/mol. The SMILES string of the molecule is CCN(CCCO)C(=O)CCCOc1ccccc1. The first-order chi connectivity index (χ1) is 9.27. The topological polar surface area (TPSA) is 49.8 Å². The lowest BCUT2D eigenvalue weighted by Crippen LogP contribution is -2.32. The van der Waals surface area contributed by atoms with Gasteiger partial charge in [-0.25, -0.2) is 0 Å². The molecule has 4 heteroatoms. The average Bonchev–Trinajstić information content (AvgIpc) is 2.45. The quantitative estimate of drug-likeness (QED) is 0.695. The second kappa shape index (κ2) is 9.39. The van der Waals surface area contributed by atoms with Crippen LogP contribution >= 0.6 is 0 Å². The normalized spacial score (nSPS) is 10.2. The highest BCUT2D eigenvalue weighted by molar-refractivity contribution is 5.76. The highest BCUT2D eigenvalue weighted by Gasteiger charge is 2.10. The number of hydrogen-bond acceptors (Lipinski definition) is 3. The number of carbonyl (C=O) groups is 1. The first kappa shape index (κ1) is 15.5. The molecule has 0 aromatic heterocycles. The number of rotatable bonds is 9. The van der Waals surface area contributed by atoms with E-state index in [9.17, 15) is 4.79 Å². The summed E-state index contributed by atoms with van der Waals surface area (Å²) in [5.74, 6) is 0.968. The van der Waals surface area contributed by atoms with E-state index in [0.29, 0.717) is 39.0 Å². The Bertz CT molecular complexity index is 354. The molecule has 1 aromatic rings. The van der Waals surface area contributed by atoms with Gasteiger partial charge in [-0.2, -0.15) is 0 Å². The molecule has 1 N–H and O–H groups in total. The van der Waals surface area contributed by atoms with Crippen LogP contribution in [0.15, 0.2) is 30.3 Å². The molecule has 106 valence electrons. The number of amides is 1. The monoisotopic (exact) mass is 265 g/mol. The molecular formula is C15H23NO3. The Kier molecular flexibility index (Phi) is 7.66. The molecule has 0 spiro atoms. The van der Waals surface area contributed by atoms with E-state index >= 15 is 0 Å². The number of ether oxygens (including phenoxy) is 1. The lowest BCUT2D eigenvalue weighted by atomic mass is 10.2. The van der Waals surface area contributed by atoms with E-state index in [4.69, 9.17) is 9.84 Å². The van der Waals surface area contributed by atoms with Gasteiger partial charge in [0.25, 0.3) is 0 Å². The Morgan fingerprint density at radius 1 is 1.26 bits per heavy atom. The van der Waals surface area contributed by atoms with Crippen molar-refractivity contribution in [1.29, 1.82) is 0 Å². The summed E-state index contributed by atoms with van der Waals surface area (Å²) in [4.78, 5) is 13.7. The summed E-state index contributed by atoms with van der Waals surface area (Å²) < 4.78 is 5.54. The predicted octanol–water partition coefficient (Wildman–Crippen LogP) is 2.08. The van der Waals surface area contributed by atoms with Crippen molar-refractivity contribution in [1.82, 2.24) is 4.90 Å². The number of aliphatic hydroxyl groups excluding tert-OH is 1. The van der Waals surface area contributed by atoms with Gasteiger partial charge in [0.05, 0.1) is 6.61 Å². The van der Waals surface area contributed by atoms with E-state index in [1.165, 1.54) is 0 Å². The summed E-state index contributed by atoms with van der Waals surface area (Å²) in [5.41, 5.74) is 0. The van der Waals surface area contributed by atoms with Crippen molar-refractivity contribution >= 4 is 5.91 Å². The number of aliphatic hydroxyl groups is 1. The highest BCUT2D eigenvalue weighted by Crippen LogP contribution is 2.09. The molecule has 1 rings (SSSR count). The van der Waals surface area contributed by atoms with Crippen LogP contribution in [0.25, 0.3) is 0 Å². The van der Waals surface area contributed by atoms with E-state index in [1.807, 2.05) is 37.3 Å². The molecule has 0 bridgehead atoms. The summed E-state index contributed by atoms with van der Waals surface area (Å²) in [6.45, 7) is 3.95. The van der Waals surface area contributed by atoms with Gasteiger partial charge in [0.15, 0.2) is 0 Å². The number of nitrogens with zero attached hydrogens (tertiary/aromatic N) is 1. The number of benzene rings is 1. The molecule has 0 saturated carbocycles. The molecule has 0 radical (unpaired) electrons. The van der Waals surface area contributed by atoms with Crippen LogP contribution in [0.2, 0.25) is 0 Å². The van der Waals surface area contributed by atoms with Crippen molar-refractivity contribution in [2.45, 2.75) is 26.2 Å². The molecule has 4 nitrogen and oxygen atoms in total. The Hall–Kier alpha value is -1.55. The third-order valence-electron chi connectivity index (χ3n) is 2.87. The summed E-state index contributed by atoms with van der Waals surface area (Å²) in [6.07, 6.45) is 1.84. The molecule has 0 saturated heterocycles. The second-order valence-electron chi connectivity index (χ2n) is 4.32. The summed E-state index contributed by atoms with van der Waals surface area (Å²) in [5, 5.41) is 8.77. The third kappa shape index (κ3) is 6.25.